The second-order valence-corrected chi connectivity index (χ2v) is 7.17. The van der Waals surface area contributed by atoms with Crippen molar-refractivity contribution in [1.82, 2.24) is 10.3 Å². The number of rotatable bonds is 5. The summed E-state index contributed by atoms with van der Waals surface area (Å²) in [4.78, 5) is 16.5. The highest BCUT2D eigenvalue weighted by Crippen LogP contribution is 2.23. The SMILES string of the molecule is CCCC(C)(N)C(=O)NCc1nc(C(C)(C)C)cs1.Cl. The van der Waals surface area contributed by atoms with Crippen LogP contribution in [0.25, 0.3) is 0 Å². The summed E-state index contributed by atoms with van der Waals surface area (Å²) in [7, 11) is 0. The van der Waals surface area contributed by atoms with Crippen LogP contribution in [-0.4, -0.2) is 16.4 Å². The van der Waals surface area contributed by atoms with Gasteiger partial charge in [-0.3, -0.25) is 4.79 Å². The zero-order chi connectivity index (χ0) is 14.7. The molecular weight excluding hydrogens is 294 g/mol. The van der Waals surface area contributed by atoms with Gasteiger partial charge in [-0.05, 0) is 13.3 Å². The van der Waals surface area contributed by atoms with Crippen molar-refractivity contribution in [2.45, 2.75) is 65.0 Å². The molecule has 0 saturated carbocycles. The summed E-state index contributed by atoms with van der Waals surface area (Å²) < 4.78 is 0. The third-order valence-electron chi connectivity index (χ3n) is 3.01. The predicted octanol–water partition coefficient (Wildman–Crippen LogP) is 3.00. The summed E-state index contributed by atoms with van der Waals surface area (Å²) in [6.07, 6.45) is 1.58. The molecule has 4 nitrogen and oxygen atoms in total. The second-order valence-electron chi connectivity index (χ2n) is 6.23. The van der Waals surface area contributed by atoms with Gasteiger partial charge >= 0.3 is 0 Å². The average Bonchev–Trinajstić information content (AvgIpc) is 2.73. The third-order valence-corrected chi connectivity index (χ3v) is 3.86. The van der Waals surface area contributed by atoms with Gasteiger partial charge in [-0.1, -0.05) is 34.1 Å². The van der Waals surface area contributed by atoms with Gasteiger partial charge in [0.15, 0.2) is 0 Å². The van der Waals surface area contributed by atoms with Gasteiger partial charge in [-0.15, -0.1) is 23.7 Å². The maximum absolute atomic E-state index is 12.0. The number of carbonyl (C=O) groups excluding carboxylic acids is 1. The number of hydrogen-bond acceptors (Lipinski definition) is 4. The number of aromatic nitrogens is 1. The molecule has 1 rings (SSSR count). The molecule has 0 aliphatic carbocycles. The molecule has 6 heteroatoms. The minimum Gasteiger partial charge on any atom is -0.348 e. The number of halogens is 1. The van der Waals surface area contributed by atoms with E-state index in [1.807, 2.05) is 6.92 Å². The molecule has 1 atom stereocenters. The van der Waals surface area contributed by atoms with E-state index in [9.17, 15) is 4.79 Å². The van der Waals surface area contributed by atoms with E-state index in [-0.39, 0.29) is 23.7 Å². The molecule has 1 unspecified atom stereocenters. The van der Waals surface area contributed by atoms with Crippen LogP contribution in [0.15, 0.2) is 5.38 Å². The fourth-order valence-corrected chi connectivity index (χ4v) is 2.69. The Labute approximate surface area is 132 Å². The smallest absolute Gasteiger partial charge is 0.240 e. The van der Waals surface area contributed by atoms with Crippen LogP contribution in [0.2, 0.25) is 0 Å². The van der Waals surface area contributed by atoms with E-state index in [1.165, 1.54) is 0 Å². The van der Waals surface area contributed by atoms with Gasteiger partial charge in [0.05, 0.1) is 17.8 Å². The van der Waals surface area contributed by atoms with E-state index in [0.29, 0.717) is 13.0 Å². The standard InChI is InChI=1S/C14H25N3OS.ClH/c1-6-7-14(5,15)12(18)16-8-11-17-10(9-19-11)13(2,3)4;/h9H,6-8,15H2,1-5H3,(H,16,18);1H. The van der Waals surface area contributed by atoms with Crippen molar-refractivity contribution in [2.75, 3.05) is 0 Å². The number of nitrogens with two attached hydrogens (primary N) is 1. The van der Waals surface area contributed by atoms with Gasteiger partial charge in [-0.25, -0.2) is 4.98 Å². The monoisotopic (exact) mass is 319 g/mol. The van der Waals surface area contributed by atoms with Gasteiger partial charge in [0, 0.05) is 10.8 Å². The Balaban J connectivity index is 0.00000361. The molecule has 0 bridgehead atoms. The highest BCUT2D eigenvalue weighted by molar-refractivity contribution is 7.09. The maximum Gasteiger partial charge on any atom is 0.240 e. The molecule has 3 N–H and O–H groups in total. The van der Waals surface area contributed by atoms with Crippen LogP contribution in [0, 0.1) is 0 Å². The third kappa shape index (κ3) is 5.38. The molecule has 0 radical (unpaired) electrons. The largest absolute Gasteiger partial charge is 0.348 e. The van der Waals surface area contributed by atoms with E-state index in [1.54, 1.807) is 18.3 Å². The number of carbonyl (C=O) groups is 1. The molecule has 20 heavy (non-hydrogen) atoms. The second kappa shape index (κ2) is 7.38. The van der Waals surface area contributed by atoms with Crippen molar-refractivity contribution >= 4 is 29.7 Å². The molecule has 1 aromatic heterocycles. The molecule has 0 saturated heterocycles. The summed E-state index contributed by atoms with van der Waals surface area (Å²) in [5, 5.41) is 5.85. The van der Waals surface area contributed by atoms with Crippen molar-refractivity contribution in [1.29, 1.82) is 0 Å². The van der Waals surface area contributed by atoms with Crippen molar-refractivity contribution in [2.24, 2.45) is 5.73 Å². The highest BCUT2D eigenvalue weighted by atomic mass is 35.5. The number of hydrogen-bond donors (Lipinski definition) is 2. The van der Waals surface area contributed by atoms with Gasteiger partial charge < -0.3 is 11.1 Å². The molecule has 0 spiro atoms. The Bertz CT molecular complexity index is 438. The fraction of sp³-hybridized carbons (Fsp3) is 0.714. The normalized spacial score (nSPS) is 14.3. The van der Waals surface area contributed by atoms with Crippen LogP contribution < -0.4 is 11.1 Å². The Kier molecular flexibility index (Phi) is 7.14. The highest BCUT2D eigenvalue weighted by Gasteiger charge is 2.27. The fourth-order valence-electron chi connectivity index (χ4n) is 1.73. The molecule has 116 valence electrons. The Hall–Kier alpha value is -0.650. The number of thiazole rings is 1. The van der Waals surface area contributed by atoms with Crippen molar-refractivity contribution in [3.8, 4) is 0 Å². The average molecular weight is 320 g/mol. The first-order chi connectivity index (χ1) is 8.66. The molecule has 0 aliphatic heterocycles. The first-order valence-corrected chi connectivity index (χ1v) is 7.57. The summed E-state index contributed by atoms with van der Waals surface area (Å²) in [6, 6.07) is 0. The van der Waals surface area contributed by atoms with Crippen LogP contribution >= 0.6 is 23.7 Å². The molecule has 0 aromatic carbocycles. The first kappa shape index (κ1) is 19.4. The first-order valence-electron chi connectivity index (χ1n) is 6.69. The lowest BCUT2D eigenvalue weighted by Crippen LogP contribution is -2.51. The minimum atomic E-state index is -0.793. The topological polar surface area (TPSA) is 68.0 Å². The summed E-state index contributed by atoms with van der Waals surface area (Å²) in [6.45, 7) is 10.6. The number of nitrogens with one attached hydrogen (secondary N) is 1. The van der Waals surface area contributed by atoms with E-state index in [0.717, 1.165) is 17.1 Å². The van der Waals surface area contributed by atoms with E-state index in [2.05, 4.69) is 36.5 Å². The molecule has 1 aromatic rings. The zero-order valence-corrected chi connectivity index (χ0v) is 14.6. The van der Waals surface area contributed by atoms with E-state index in [4.69, 9.17) is 5.73 Å². The summed E-state index contributed by atoms with van der Waals surface area (Å²) >= 11 is 1.58. The molecule has 1 amide bonds. The van der Waals surface area contributed by atoms with Crippen molar-refractivity contribution in [3.63, 3.8) is 0 Å². The van der Waals surface area contributed by atoms with Gasteiger partial charge in [-0.2, -0.15) is 0 Å². The van der Waals surface area contributed by atoms with E-state index < -0.39 is 5.54 Å². The van der Waals surface area contributed by atoms with Gasteiger partial charge in [0.1, 0.15) is 5.01 Å². The minimum absolute atomic E-state index is 0. The Morgan fingerprint density at radius 1 is 1.40 bits per heavy atom. The molecule has 1 heterocycles. The lowest BCUT2D eigenvalue weighted by Gasteiger charge is -2.22. The quantitative estimate of drug-likeness (QED) is 0.876. The summed E-state index contributed by atoms with van der Waals surface area (Å²) in [5.74, 6) is -0.109. The summed E-state index contributed by atoms with van der Waals surface area (Å²) in [5.41, 5.74) is 6.29. The molecular formula is C14H26ClN3OS. The van der Waals surface area contributed by atoms with Crippen LogP contribution in [0.5, 0.6) is 0 Å². The molecule has 0 fully saturated rings. The lowest BCUT2D eigenvalue weighted by atomic mass is 9.93. The van der Waals surface area contributed by atoms with Crippen LogP contribution in [0.4, 0.5) is 0 Å². The van der Waals surface area contributed by atoms with Crippen molar-refractivity contribution < 1.29 is 4.79 Å². The number of amides is 1. The number of nitrogens with zero attached hydrogens (tertiary/aromatic N) is 1. The van der Waals surface area contributed by atoms with Gasteiger partial charge in [0.2, 0.25) is 5.91 Å². The van der Waals surface area contributed by atoms with E-state index >= 15 is 0 Å². The predicted molar refractivity (Wildman–Crippen MR) is 87.4 cm³/mol. The van der Waals surface area contributed by atoms with Gasteiger partial charge in [0.25, 0.3) is 0 Å². The molecule has 0 aliphatic rings. The lowest BCUT2D eigenvalue weighted by molar-refractivity contribution is -0.126. The zero-order valence-electron chi connectivity index (χ0n) is 12.9. The van der Waals surface area contributed by atoms with Crippen LogP contribution in [0.3, 0.4) is 0 Å². The van der Waals surface area contributed by atoms with Crippen molar-refractivity contribution in [3.05, 3.63) is 16.1 Å². The van der Waals surface area contributed by atoms with Crippen LogP contribution in [0.1, 0.15) is 58.2 Å². The van der Waals surface area contributed by atoms with Crippen LogP contribution in [-0.2, 0) is 16.8 Å². The Morgan fingerprint density at radius 3 is 2.45 bits per heavy atom. The Morgan fingerprint density at radius 2 is 2.00 bits per heavy atom. The maximum atomic E-state index is 12.0.